The molecule has 0 atom stereocenters. The van der Waals surface area contributed by atoms with Crippen LogP contribution in [-0.4, -0.2) is 20.4 Å². The number of amides is 3. The molecule has 206 valence electrons. The molecular weight excluding hydrogens is 613 g/mol. The summed E-state index contributed by atoms with van der Waals surface area (Å²) >= 11 is 18.3. The number of carbonyl (C=O) groups excluding carboxylic acids is 2. The topological polar surface area (TPSA) is 111 Å². The van der Waals surface area contributed by atoms with Gasteiger partial charge in [-0.25, -0.2) is 13.6 Å². The summed E-state index contributed by atoms with van der Waals surface area (Å²) in [4.78, 5) is 24.2. The molecule has 0 saturated heterocycles. The number of rotatable bonds is 7. The summed E-state index contributed by atoms with van der Waals surface area (Å²) in [6.45, 7) is 0. The molecule has 0 spiro atoms. The van der Waals surface area contributed by atoms with Gasteiger partial charge in [0.2, 0.25) is 0 Å². The number of benzene rings is 4. The molecule has 4 aromatic rings. The van der Waals surface area contributed by atoms with Crippen molar-refractivity contribution in [2.75, 3.05) is 5.32 Å². The Bertz CT molecular complexity index is 1660. The number of halogens is 5. The average Bonchev–Trinajstić information content (AvgIpc) is 2.87. The predicted octanol–water partition coefficient (Wildman–Crippen LogP) is 7.45. The highest BCUT2D eigenvalue weighted by Gasteiger charge is 2.20. The second-order valence-electron chi connectivity index (χ2n) is 7.84. The first-order chi connectivity index (χ1) is 18.9. The van der Waals surface area contributed by atoms with Crippen LogP contribution < -0.4 is 19.6 Å². The maximum absolute atomic E-state index is 13.8. The van der Waals surface area contributed by atoms with Gasteiger partial charge in [-0.2, -0.15) is 8.42 Å². The van der Waals surface area contributed by atoms with Crippen molar-refractivity contribution >= 4 is 62.5 Å². The zero-order valence-corrected chi connectivity index (χ0v) is 22.8. The molecule has 0 fully saturated rings. The number of hydrogen-bond acceptors (Lipinski definition) is 6. The first kappa shape index (κ1) is 29.1. The smallest absolute Gasteiger partial charge is 0.339 e. The molecular formula is C26H15Cl3F2N2O6S. The fourth-order valence-electron chi connectivity index (χ4n) is 3.23. The van der Waals surface area contributed by atoms with Crippen LogP contribution in [0, 0.1) is 11.6 Å². The van der Waals surface area contributed by atoms with Gasteiger partial charge in [-0.15, -0.1) is 0 Å². The van der Waals surface area contributed by atoms with E-state index in [1.807, 2.05) is 0 Å². The van der Waals surface area contributed by atoms with E-state index in [0.717, 1.165) is 18.2 Å². The second kappa shape index (κ2) is 12.1. The van der Waals surface area contributed by atoms with E-state index in [-0.39, 0.29) is 37.9 Å². The number of anilines is 1. The van der Waals surface area contributed by atoms with Crippen molar-refractivity contribution < 1.29 is 35.7 Å². The highest BCUT2D eigenvalue weighted by atomic mass is 35.5. The lowest BCUT2D eigenvalue weighted by Gasteiger charge is -2.13. The van der Waals surface area contributed by atoms with Gasteiger partial charge in [-0.3, -0.25) is 10.1 Å². The molecule has 40 heavy (non-hydrogen) atoms. The third kappa shape index (κ3) is 6.99. The number of hydrogen-bond donors (Lipinski definition) is 2. The van der Waals surface area contributed by atoms with Gasteiger partial charge >= 0.3 is 16.1 Å². The Hall–Kier alpha value is -3.90. The van der Waals surface area contributed by atoms with Crippen molar-refractivity contribution in [1.82, 2.24) is 5.32 Å². The monoisotopic (exact) mass is 626 g/mol. The predicted molar refractivity (Wildman–Crippen MR) is 145 cm³/mol. The summed E-state index contributed by atoms with van der Waals surface area (Å²) in [5.41, 5.74) is -0.880. The lowest BCUT2D eigenvalue weighted by atomic mass is 10.2. The first-order valence-electron chi connectivity index (χ1n) is 11.0. The van der Waals surface area contributed by atoms with Gasteiger partial charge in [0.15, 0.2) is 5.75 Å². The largest absolute Gasteiger partial charge is 0.454 e. The van der Waals surface area contributed by atoms with E-state index < -0.39 is 39.3 Å². The van der Waals surface area contributed by atoms with Crippen LogP contribution in [0.15, 0.2) is 83.8 Å². The molecule has 0 aliphatic rings. The van der Waals surface area contributed by atoms with Crippen LogP contribution in [0.3, 0.4) is 0 Å². The highest BCUT2D eigenvalue weighted by molar-refractivity contribution is 7.87. The molecule has 0 radical (unpaired) electrons. The fraction of sp³-hybridized carbons (Fsp3) is 0. The Morgan fingerprint density at radius 2 is 1.32 bits per heavy atom. The van der Waals surface area contributed by atoms with Gasteiger partial charge < -0.3 is 14.2 Å². The molecule has 0 saturated carbocycles. The molecule has 2 N–H and O–H groups in total. The summed E-state index contributed by atoms with van der Waals surface area (Å²) in [5.74, 6) is -3.34. The molecule has 0 aromatic heterocycles. The van der Waals surface area contributed by atoms with E-state index in [0.29, 0.717) is 5.02 Å². The Morgan fingerprint density at radius 3 is 1.90 bits per heavy atom. The van der Waals surface area contributed by atoms with Crippen LogP contribution in [0.4, 0.5) is 19.3 Å². The maximum atomic E-state index is 13.8. The molecule has 0 aliphatic heterocycles. The molecule has 4 rings (SSSR count). The Labute approximate surface area is 241 Å². The molecule has 3 amide bonds. The normalized spacial score (nSPS) is 11.0. The Balaban J connectivity index is 1.41. The van der Waals surface area contributed by atoms with Crippen LogP contribution >= 0.6 is 34.8 Å². The second-order valence-corrected chi connectivity index (χ2v) is 10.6. The molecule has 4 aromatic carbocycles. The average molecular weight is 628 g/mol. The minimum absolute atomic E-state index is 0.00116. The first-order valence-corrected chi connectivity index (χ1v) is 13.5. The van der Waals surface area contributed by atoms with Gasteiger partial charge in [-0.1, -0.05) is 40.9 Å². The number of ether oxygens (including phenoxy) is 1. The zero-order valence-electron chi connectivity index (χ0n) is 19.8. The minimum Gasteiger partial charge on any atom is -0.454 e. The molecule has 14 heteroatoms. The third-order valence-electron chi connectivity index (χ3n) is 5.02. The van der Waals surface area contributed by atoms with E-state index in [2.05, 4.69) is 5.32 Å². The van der Waals surface area contributed by atoms with Crippen LogP contribution in [0.25, 0.3) is 0 Å². The van der Waals surface area contributed by atoms with Crippen molar-refractivity contribution in [3.05, 3.63) is 111 Å². The van der Waals surface area contributed by atoms with Crippen LogP contribution in [0.1, 0.15) is 10.4 Å². The van der Waals surface area contributed by atoms with Gasteiger partial charge in [0.1, 0.15) is 33.6 Å². The van der Waals surface area contributed by atoms with Crippen molar-refractivity contribution in [2.45, 2.75) is 4.90 Å². The summed E-state index contributed by atoms with van der Waals surface area (Å²) in [6.07, 6.45) is 0. The fourth-order valence-corrected chi connectivity index (χ4v) is 4.85. The Kier molecular flexibility index (Phi) is 8.79. The van der Waals surface area contributed by atoms with Crippen molar-refractivity contribution in [2.24, 2.45) is 0 Å². The van der Waals surface area contributed by atoms with Crippen LogP contribution in [0.5, 0.6) is 17.2 Å². The number of nitrogens with one attached hydrogen (secondary N) is 2. The zero-order chi connectivity index (χ0) is 29.0. The summed E-state index contributed by atoms with van der Waals surface area (Å²) in [6, 6.07) is 15.2. The van der Waals surface area contributed by atoms with Crippen molar-refractivity contribution in [3.8, 4) is 17.2 Å². The molecule has 0 aliphatic carbocycles. The van der Waals surface area contributed by atoms with Crippen LogP contribution in [-0.2, 0) is 10.1 Å². The van der Waals surface area contributed by atoms with E-state index in [9.17, 15) is 26.8 Å². The van der Waals surface area contributed by atoms with Gasteiger partial charge in [-0.05, 0) is 72.8 Å². The SMILES string of the molecule is O=C(NC(=O)c1c(F)cccc1F)Nc1cc(Cl)c(Oc2ccc(OS(=O)(=O)c3ccc(Cl)cc3)cc2)c(Cl)c1. The molecule has 8 nitrogen and oxygen atoms in total. The van der Waals surface area contributed by atoms with Crippen molar-refractivity contribution in [3.63, 3.8) is 0 Å². The standard InChI is InChI=1S/C26H15Cl3F2N2O6S/c27-14-4-10-18(11-5-14)40(36,37)39-17-8-6-16(7-9-17)38-24-19(28)12-15(13-20(24)29)32-26(35)33-25(34)23-21(30)2-1-3-22(23)31/h1-13H,(H2,32,33,34,35). The lowest BCUT2D eigenvalue weighted by Crippen LogP contribution is -2.35. The number of carbonyl (C=O) groups is 2. The number of imide groups is 1. The summed E-state index contributed by atoms with van der Waals surface area (Å²) < 4.78 is 63.2. The van der Waals surface area contributed by atoms with Crippen LogP contribution in [0.2, 0.25) is 15.1 Å². The van der Waals surface area contributed by atoms with E-state index in [1.54, 1.807) is 5.32 Å². The Morgan fingerprint density at radius 1 is 0.775 bits per heavy atom. The van der Waals surface area contributed by atoms with Gasteiger partial charge in [0.25, 0.3) is 5.91 Å². The minimum atomic E-state index is -4.10. The summed E-state index contributed by atoms with van der Waals surface area (Å²) in [7, 11) is -4.10. The maximum Gasteiger partial charge on any atom is 0.339 e. The third-order valence-corrected chi connectivity index (χ3v) is 7.10. The van der Waals surface area contributed by atoms with Gasteiger partial charge in [0, 0.05) is 10.7 Å². The molecule has 0 bridgehead atoms. The van der Waals surface area contributed by atoms with Crippen molar-refractivity contribution in [1.29, 1.82) is 0 Å². The van der Waals surface area contributed by atoms with E-state index in [1.165, 1.54) is 60.7 Å². The lowest BCUT2D eigenvalue weighted by molar-refractivity contribution is 0.0959. The highest BCUT2D eigenvalue weighted by Crippen LogP contribution is 2.39. The van der Waals surface area contributed by atoms with E-state index in [4.69, 9.17) is 43.7 Å². The number of urea groups is 1. The summed E-state index contributed by atoms with van der Waals surface area (Å²) in [5, 5.41) is 4.37. The molecule has 0 heterocycles. The quantitative estimate of drug-likeness (QED) is 0.206. The van der Waals surface area contributed by atoms with E-state index >= 15 is 0 Å². The van der Waals surface area contributed by atoms with Gasteiger partial charge in [0.05, 0.1) is 10.0 Å². The molecule has 0 unspecified atom stereocenters.